The van der Waals surface area contributed by atoms with E-state index >= 15 is 0 Å². The predicted octanol–water partition coefficient (Wildman–Crippen LogP) is 3.94. The zero-order chi connectivity index (χ0) is 16.6. The van der Waals surface area contributed by atoms with Gasteiger partial charge in [-0.25, -0.2) is 9.97 Å². The molecule has 0 aliphatic carbocycles. The van der Waals surface area contributed by atoms with Gasteiger partial charge < -0.3 is 10.2 Å². The molecule has 0 spiro atoms. The molecule has 0 fully saturated rings. The Morgan fingerprint density at radius 3 is 2.78 bits per heavy atom. The Hall–Kier alpha value is -1.99. The number of anilines is 1. The van der Waals surface area contributed by atoms with E-state index in [-0.39, 0.29) is 11.9 Å². The van der Waals surface area contributed by atoms with E-state index in [0.717, 1.165) is 26.5 Å². The summed E-state index contributed by atoms with van der Waals surface area (Å²) < 4.78 is 0. The molecule has 0 aliphatic rings. The van der Waals surface area contributed by atoms with Crippen LogP contribution in [0.4, 0.5) is 5.82 Å². The quantitative estimate of drug-likeness (QED) is 0.777. The summed E-state index contributed by atoms with van der Waals surface area (Å²) in [6, 6.07) is 4.29. The molecule has 120 valence electrons. The molecule has 5 nitrogen and oxygen atoms in total. The minimum Gasteiger partial charge on any atom is -0.362 e. The van der Waals surface area contributed by atoms with Crippen LogP contribution in [0, 0.1) is 6.92 Å². The van der Waals surface area contributed by atoms with E-state index in [2.05, 4.69) is 33.7 Å². The van der Waals surface area contributed by atoms with Crippen LogP contribution in [-0.2, 0) is 0 Å². The third-order valence-electron chi connectivity index (χ3n) is 3.65. The SMILES string of the molecule is Cc1c(C(=O)N(C)C)sc2ncnc(NC(C)c3cccs3)c12. The summed E-state index contributed by atoms with van der Waals surface area (Å²) in [5, 5.41) is 6.45. The minimum absolute atomic E-state index is 0.00255. The lowest BCUT2D eigenvalue weighted by atomic mass is 10.2. The van der Waals surface area contributed by atoms with Crippen LogP contribution in [0.3, 0.4) is 0 Å². The molecular weight excluding hydrogens is 328 g/mol. The normalized spacial score (nSPS) is 12.3. The molecule has 3 aromatic heterocycles. The molecule has 0 saturated heterocycles. The first-order valence-corrected chi connectivity index (χ1v) is 8.94. The highest BCUT2D eigenvalue weighted by molar-refractivity contribution is 7.20. The number of fused-ring (bicyclic) bond motifs is 1. The number of carbonyl (C=O) groups excluding carboxylic acids is 1. The number of aryl methyl sites for hydroxylation is 1. The molecule has 0 aliphatic heterocycles. The maximum Gasteiger partial charge on any atom is 0.263 e. The summed E-state index contributed by atoms with van der Waals surface area (Å²) in [5.41, 5.74) is 0.935. The Balaban J connectivity index is 2.03. The topological polar surface area (TPSA) is 58.1 Å². The highest BCUT2D eigenvalue weighted by atomic mass is 32.1. The van der Waals surface area contributed by atoms with E-state index in [9.17, 15) is 4.79 Å². The Labute approximate surface area is 143 Å². The van der Waals surface area contributed by atoms with Gasteiger partial charge in [-0.1, -0.05) is 6.07 Å². The molecule has 1 amide bonds. The van der Waals surface area contributed by atoms with E-state index in [1.807, 2.05) is 13.0 Å². The molecule has 1 N–H and O–H groups in total. The van der Waals surface area contributed by atoms with Gasteiger partial charge in [0.15, 0.2) is 0 Å². The molecular formula is C16H18N4OS2. The van der Waals surface area contributed by atoms with Gasteiger partial charge in [0.25, 0.3) is 5.91 Å². The molecule has 3 heterocycles. The van der Waals surface area contributed by atoms with E-state index in [0.29, 0.717) is 0 Å². The van der Waals surface area contributed by atoms with Gasteiger partial charge in [-0.15, -0.1) is 22.7 Å². The third kappa shape index (κ3) is 2.94. The maximum atomic E-state index is 12.3. The van der Waals surface area contributed by atoms with Crippen molar-refractivity contribution in [3.8, 4) is 0 Å². The number of hydrogen-bond acceptors (Lipinski definition) is 6. The zero-order valence-corrected chi connectivity index (χ0v) is 15.1. The van der Waals surface area contributed by atoms with E-state index in [1.165, 1.54) is 16.2 Å². The van der Waals surface area contributed by atoms with Crippen molar-refractivity contribution in [1.29, 1.82) is 0 Å². The second-order valence-corrected chi connectivity index (χ2v) is 7.52. The lowest BCUT2D eigenvalue weighted by Gasteiger charge is -2.14. The molecule has 23 heavy (non-hydrogen) atoms. The van der Waals surface area contributed by atoms with E-state index in [1.54, 1.807) is 36.7 Å². The van der Waals surface area contributed by atoms with Gasteiger partial charge in [-0.2, -0.15) is 0 Å². The molecule has 0 aromatic carbocycles. The second kappa shape index (κ2) is 6.25. The van der Waals surface area contributed by atoms with Crippen LogP contribution in [0.5, 0.6) is 0 Å². The van der Waals surface area contributed by atoms with Crippen LogP contribution < -0.4 is 5.32 Å². The molecule has 1 unspecified atom stereocenters. The lowest BCUT2D eigenvalue weighted by Crippen LogP contribution is -2.21. The first-order chi connectivity index (χ1) is 11.0. The van der Waals surface area contributed by atoms with Crippen LogP contribution in [0.2, 0.25) is 0 Å². The fourth-order valence-electron chi connectivity index (χ4n) is 2.40. The van der Waals surface area contributed by atoms with E-state index in [4.69, 9.17) is 0 Å². The molecule has 3 aromatic rings. The van der Waals surface area contributed by atoms with Gasteiger partial charge in [-0.3, -0.25) is 4.79 Å². The van der Waals surface area contributed by atoms with Crippen molar-refractivity contribution >= 4 is 44.6 Å². The number of carbonyl (C=O) groups is 1. The Kier molecular flexibility index (Phi) is 4.32. The molecule has 0 saturated carbocycles. The summed E-state index contributed by atoms with van der Waals surface area (Å²) in [5.74, 6) is 0.783. The standard InChI is InChI=1S/C16H18N4OS2/c1-9-12-14(19-10(2)11-6-5-7-22-11)17-8-18-15(12)23-13(9)16(21)20(3)4/h5-8,10H,1-4H3,(H,17,18,19). The Bertz CT molecular complexity index is 839. The fourth-order valence-corrected chi connectivity index (χ4v) is 4.31. The molecule has 3 rings (SSSR count). The highest BCUT2D eigenvalue weighted by Crippen LogP contribution is 2.35. The van der Waals surface area contributed by atoms with Gasteiger partial charge in [-0.05, 0) is 30.9 Å². The average molecular weight is 346 g/mol. The number of amides is 1. The maximum absolute atomic E-state index is 12.3. The summed E-state index contributed by atoms with van der Waals surface area (Å²) in [6.07, 6.45) is 1.55. The third-order valence-corrected chi connectivity index (χ3v) is 5.89. The second-order valence-electron chi connectivity index (χ2n) is 5.54. The average Bonchev–Trinajstić information content (AvgIpc) is 3.15. The van der Waals surface area contributed by atoms with Crippen molar-refractivity contribution in [3.63, 3.8) is 0 Å². The number of rotatable bonds is 4. The smallest absolute Gasteiger partial charge is 0.263 e. The van der Waals surface area contributed by atoms with Gasteiger partial charge >= 0.3 is 0 Å². The van der Waals surface area contributed by atoms with Gasteiger partial charge in [0.05, 0.1) is 16.3 Å². The molecule has 0 bridgehead atoms. The van der Waals surface area contributed by atoms with Gasteiger partial charge in [0, 0.05) is 19.0 Å². The largest absolute Gasteiger partial charge is 0.362 e. The number of aromatic nitrogens is 2. The van der Waals surface area contributed by atoms with Crippen LogP contribution in [0.15, 0.2) is 23.8 Å². The van der Waals surface area contributed by atoms with Crippen molar-refractivity contribution < 1.29 is 4.79 Å². The first kappa shape index (κ1) is 15.9. The van der Waals surface area contributed by atoms with E-state index < -0.39 is 0 Å². The van der Waals surface area contributed by atoms with Gasteiger partial charge in [0.2, 0.25) is 0 Å². The fraction of sp³-hybridized carbons (Fsp3) is 0.312. The van der Waals surface area contributed by atoms with Crippen LogP contribution >= 0.6 is 22.7 Å². The molecule has 7 heteroatoms. The van der Waals surface area contributed by atoms with Crippen molar-refractivity contribution in [2.75, 3.05) is 19.4 Å². The number of nitrogens with one attached hydrogen (secondary N) is 1. The first-order valence-electron chi connectivity index (χ1n) is 7.24. The summed E-state index contributed by atoms with van der Waals surface area (Å²) in [6.45, 7) is 4.06. The van der Waals surface area contributed by atoms with Crippen LogP contribution in [0.1, 0.15) is 33.1 Å². The summed E-state index contributed by atoms with van der Waals surface area (Å²) in [4.78, 5) is 25.4. The minimum atomic E-state index is 0.00255. The Morgan fingerprint density at radius 2 is 2.13 bits per heavy atom. The Morgan fingerprint density at radius 1 is 1.35 bits per heavy atom. The van der Waals surface area contributed by atoms with Crippen LogP contribution in [0.25, 0.3) is 10.2 Å². The van der Waals surface area contributed by atoms with Crippen molar-refractivity contribution in [1.82, 2.24) is 14.9 Å². The molecule has 0 radical (unpaired) electrons. The zero-order valence-electron chi connectivity index (χ0n) is 13.5. The molecule has 1 atom stereocenters. The number of hydrogen-bond donors (Lipinski definition) is 1. The summed E-state index contributed by atoms with van der Waals surface area (Å²) >= 11 is 3.13. The number of thiophene rings is 2. The lowest BCUT2D eigenvalue weighted by molar-refractivity contribution is 0.0831. The number of nitrogens with zero attached hydrogens (tertiary/aromatic N) is 3. The van der Waals surface area contributed by atoms with Crippen molar-refractivity contribution in [3.05, 3.63) is 39.2 Å². The van der Waals surface area contributed by atoms with Crippen molar-refractivity contribution in [2.24, 2.45) is 0 Å². The predicted molar refractivity (Wildman–Crippen MR) is 96.5 cm³/mol. The van der Waals surface area contributed by atoms with Crippen molar-refractivity contribution in [2.45, 2.75) is 19.9 Å². The van der Waals surface area contributed by atoms with Gasteiger partial charge in [0.1, 0.15) is 17.0 Å². The highest BCUT2D eigenvalue weighted by Gasteiger charge is 2.21. The monoisotopic (exact) mass is 346 g/mol. The summed E-state index contributed by atoms with van der Waals surface area (Å²) in [7, 11) is 3.52. The van der Waals surface area contributed by atoms with Crippen LogP contribution in [-0.4, -0.2) is 34.9 Å².